The number of anilines is 2. The van der Waals surface area contributed by atoms with Crippen molar-refractivity contribution in [3.05, 3.63) is 54.2 Å². The Labute approximate surface area is 134 Å². The van der Waals surface area contributed by atoms with E-state index in [1.165, 1.54) is 0 Å². The first-order valence-electron chi connectivity index (χ1n) is 7.32. The Morgan fingerprint density at radius 1 is 1.13 bits per heavy atom. The van der Waals surface area contributed by atoms with E-state index in [2.05, 4.69) is 10.3 Å². The Morgan fingerprint density at radius 2 is 1.96 bits per heavy atom. The number of hydrogen-bond donors (Lipinski definition) is 2. The molecule has 0 saturated heterocycles. The maximum absolute atomic E-state index is 12.4. The molecular weight excluding hydrogens is 290 g/mol. The van der Waals surface area contributed by atoms with Crippen LogP contribution in [0.15, 0.2) is 48.5 Å². The monoisotopic (exact) mass is 309 g/mol. The Morgan fingerprint density at radius 3 is 2.70 bits per heavy atom. The first kappa shape index (κ1) is 15.0. The number of fused-ring (bicyclic) bond motifs is 1. The van der Waals surface area contributed by atoms with Crippen molar-refractivity contribution in [2.75, 3.05) is 31.4 Å². The van der Waals surface area contributed by atoms with E-state index in [1.54, 1.807) is 7.11 Å². The van der Waals surface area contributed by atoms with Gasteiger partial charge in [0.15, 0.2) is 0 Å². The maximum Gasteiger partial charge on any atom is 0.272 e. The second-order valence-electron chi connectivity index (χ2n) is 5.54. The van der Waals surface area contributed by atoms with Crippen LogP contribution in [0.4, 0.5) is 11.4 Å². The van der Waals surface area contributed by atoms with Gasteiger partial charge in [-0.3, -0.25) is 4.79 Å². The average Bonchev–Trinajstić information content (AvgIpc) is 2.98. The van der Waals surface area contributed by atoms with E-state index in [0.717, 1.165) is 28.0 Å². The van der Waals surface area contributed by atoms with Gasteiger partial charge in [-0.05, 0) is 42.5 Å². The van der Waals surface area contributed by atoms with Crippen LogP contribution in [0.3, 0.4) is 0 Å². The van der Waals surface area contributed by atoms with Crippen molar-refractivity contribution >= 4 is 28.2 Å². The zero-order valence-corrected chi connectivity index (χ0v) is 13.4. The molecular formula is C18H19N3O2. The summed E-state index contributed by atoms with van der Waals surface area (Å²) in [7, 11) is 5.55. The molecule has 0 bridgehead atoms. The summed E-state index contributed by atoms with van der Waals surface area (Å²) in [5.41, 5.74) is 3.21. The summed E-state index contributed by atoms with van der Waals surface area (Å²) < 4.78 is 5.20. The number of nitrogens with zero attached hydrogens (tertiary/aromatic N) is 1. The van der Waals surface area contributed by atoms with Crippen LogP contribution in [0.2, 0.25) is 0 Å². The molecule has 118 valence electrons. The first-order chi connectivity index (χ1) is 11.1. The highest BCUT2D eigenvalue weighted by atomic mass is 16.5. The number of hydrogen-bond acceptors (Lipinski definition) is 3. The van der Waals surface area contributed by atoms with E-state index in [0.29, 0.717) is 5.69 Å². The van der Waals surface area contributed by atoms with Gasteiger partial charge >= 0.3 is 0 Å². The summed E-state index contributed by atoms with van der Waals surface area (Å²) in [4.78, 5) is 17.5. The van der Waals surface area contributed by atoms with Crippen LogP contribution in [0.25, 0.3) is 10.9 Å². The van der Waals surface area contributed by atoms with E-state index in [1.807, 2.05) is 67.5 Å². The average molecular weight is 309 g/mol. The number of nitrogens with one attached hydrogen (secondary N) is 2. The van der Waals surface area contributed by atoms with E-state index < -0.39 is 0 Å². The predicted molar refractivity (Wildman–Crippen MR) is 93.6 cm³/mol. The van der Waals surface area contributed by atoms with Crippen molar-refractivity contribution in [2.24, 2.45) is 0 Å². The summed E-state index contributed by atoms with van der Waals surface area (Å²) in [6, 6.07) is 15.2. The van der Waals surface area contributed by atoms with Gasteiger partial charge in [-0.1, -0.05) is 6.07 Å². The largest absolute Gasteiger partial charge is 0.497 e. The standard InChI is InChI=1S/C18H19N3O2/c1-21(2)14-6-4-5-13(11-14)19-18(22)17-10-12-9-15(23-3)7-8-16(12)20-17/h4-11,20H,1-3H3,(H,19,22). The molecule has 0 saturated carbocycles. The minimum Gasteiger partial charge on any atom is -0.497 e. The summed E-state index contributed by atoms with van der Waals surface area (Å²) >= 11 is 0. The predicted octanol–water partition coefficient (Wildman–Crippen LogP) is 3.49. The fourth-order valence-electron chi connectivity index (χ4n) is 2.42. The van der Waals surface area contributed by atoms with Crippen molar-refractivity contribution in [2.45, 2.75) is 0 Å². The summed E-state index contributed by atoms with van der Waals surface area (Å²) in [5, 5.41) is 3.86. The van der Waals surface area contributed by atoms with E-state index >= 15 is 0 Å². The number of ether oxygens (including phenoxy) is 1. The van der Waals surface area contributed by atoms with Gasteiger partial charge in [0, 0.05) is 36.4 Å². The lowest BCUT2D eigenvalue weighted by atomic mass is 10.2. The number of aromatic nitrogens is 1. The third-order valence-corrected chi connectivity index (χ3v) is 3.69. The van der Waals surface area contributed by atoms with Crippen molar-refractivity contribution in [3.8, 4) is 5.75 Å². The van der Waals surface area contributed by atoms with Crippen LogP contribution < -0.4 is 15.0 Å². The molecule has 3 aromatic rings. The van der Waals surface area contributed by atoms with E-state index in [9.17, 15) is 4.79 Å². The van der Waals surface area contributed by atoms with Gasteiger partial charge in [-0.15, -0.1) is 0 Å². The molecule has 0 unspecified atom stereocenters. The van der Waals surface area contributed by atoms with Gasteiger partial charge in [0.05, 0.1) is 7.11 Å². The highest BCUT2D eigenvalue weighted by Crippen LogP contribution is 2.22. The molecule has 1 heterocycles. The molecule has 3 rings (SSSR count). The first-order valence-corrected chi connectivity index (χ1v) is 7.32. The molecule has 0 radical (unpaired) electrons. The number of carbonyl (C=O) groups excluding carboxylic acids is 1. The summed E-state index contributed by atoms with van der Waals surface area (Å²) in [6.07, 6.45) is 0. The number of H-pyrrole nitrogens is 1. The lowest BCUT2D eigenvalue weighted by Gasteiger charge is -2.13. The highest BCUT2D eigenvalue weighted by molar-refractivity contribution is 6.06. The molecule has 1 aromatic heterocycles. The lowest BCUT2D eigenvalue weighted by molar-refractivity contribution is 0.102. The number of benzene rings is 2. The minimum atomic E-state index is -0.170. The third-order valence-electron chi connectivity index (χ3n) is 3.69. The molecule has 2 aromatic carbocycles. The van der Waals surface area contributed by atoms with Crippen LogP contribution in [0.1, 0.15) is 10.5 Å². The van der Waals surface area contributed by atoms with Gasteiger partial charge in [-0.2, -0.15) is 0 Å². The van der Waals surface area contributed by atoms with Gasteiger partial charge in [0.2, 0.25) is 0 Å². The van der Waals surface area contributed by atoms with Gasteiger partial charge in [0.25, 0.3) is 5.91 Å². The van der Waals surface area contributed by atoms with Gasteiger partial charge < -0.3 is 19.9 Å². The molecule has 0 spiro atoms. The van der Waals surface area contributed by atoms with Gasteiger partial charge in [0.1, 0.15) is 11.4 Å². The second-order valence-corrected chi connectivity index (χ2v) is 5.54. The summed E-state index contributed by atoms with van der Waals surface area (Å²) in [5.74, 6) is 0.596. The number of rotatable bonds is 4. The number of carbonyl (C=O) groups is 1. The number of aromatic amines is 1. The number of amides is 1. The fourth-order valence-corrected chi connectivity index (χ4v) is 2.42. The van der Waals surface area contributed by atoms with Crippen molar-refractivity contribution in [1.82, 2.24) is 4.98 Å². The zero-order valence-electron chi connectivity index (χ0n) is 13.4. The Bertz CT molecular complexity index is 852. The van der Waals surface area contributed by atoms with Gasteiger partial charge in [-0.25, -0.2) is 0 Å². The molecule has 0 atom stereocenters. The van der Waals surface area contributed by atoms with E-state index in [4.69, 9.17) is 4.74 Å². The fraction of sp³-hybridized carbons (Fsp3) is 0.167. The molecule has 5 heteroatoms. The molecule has 2 N–H and O–H groups in total. The normalized spacial score (nSPS) is 10.6. The molecule has 5 nitrogen and oxygen atoms in total. The smallest absolute Gasteiger partial charge is 0.272 e. The Balaban J connectivity index is 1.84. The summed E-state index contributed by atoms with van der Waals surface area (Å²) in [6.45, 7) is 0. The molecule has 0 aliphatic heterocycles. The SMILES string of the molecule is COc1ccc2[nH]c(C(=O)Nc3cccc(N(C)C)c3)cc2c1. The zero-order chi connectivity index (χ0) is 16.4. The van der Waals surface area contributed by atoms with E-state index in [-0.39, 0.29) is 5.91 Å². The Kier molecular flexibility index (Phi) is 3.93. The van der Waals surface area contributed by atoms with Crippen molar-refractivity contribution < 1.29 is 9.53 Å². The third kappa shape index (κ3) is 3.13. The van der Waals surface area contributed by atoms with Crippen LogP contribution in [0.5, 0.6) is 5.75 Å². The maximum atomic E-state index is 12.4. The molecule has 0 fully saturated rings. The highest BCUT2D eigenvalue weighted by Gasteiger charge is 2.11. The molecule has 23 heavy (non-hydrogen) atoms. The molecule has 0 aliphatic rings. The quantitative estimate of drug-likeness (QED) is 0.775. The number of methoxy groups -OCH3 is 1. The van der Waals surface area contributed by atoms with Crippen molar-refractivity contribution in [1.29, 1.82) is 0 Å². The topological polar surface area (TPSA) is 57.4 Å². The second kappa shape index (κ2) is 6.04. The molecule has 1 amide bonds. The van der Waals surface area contributed by atoms with Crippen LogP contribution in [-0.2, 0) is 0 Å². The van der Waals surface area contributed by atoms with Crippen molar-refractivity contribution in [3.63, 3.8) is 0 Å². The van der Waals surface area contributed by atoms with Crippen LogP contribution >= 0.6 is 0 Å². The Hall–Kier alpha value is -2.95. The minimum absolute atomic E-state index is 0.170. The molecule has 0 aliphatic carbocycles. The van der Waals surface area contributed by atoms with Crippen LogP contribution in [0, 0.1) is 0 Å². The van der Waals surface area contributed by atoms with Crippen LogP contribution in [-0.4, -0.2) is 32.1 Å². The lowest BCUT2D eigenvalue weighted by Crippen LogP contribution is -2.13.